The summed E-state index contributed by atoms with van der Waals surface area (Å²) in [5, 5.41) is 0.802. The average molecular weight is 361 g/mol. The number of carbonyl (C=O) groups excluding carboxylic acids is 3. The molecule has 0 spiro atoms. The Kier molecular flexibility index (Phi) is 4.86. The Morgan fingerprint density at radius 3 is 2.50 bits per heavy atom. The molecule has 0 radical (unpaired) electrons. The number of amides is 4. The van der Waals surface area contributed by atoms with Gasteiger partial charge < -0.3 is 14.5 Å². The zero-order chi connectivity index (χ0) is 18.9. The van der Waals surface area contributed by atoms with Crippen molar-refractivity contribution < 1.29 is 24.0 Å². The van der Waals surface area contributed by atoms with Crippen LogP contribution in [0.1, 0.15) is 26.3 Å². The molecule has 1 aromatic rings. The number of ether oxygens (including phenoxy) is 1. The van der Waals surface area contributed by atoms with Crippen molar-refractivity contribution in [3.05, 3.63) is 35.9 Å². The predicted octanol–water partition coefficient (Wildman–Crippen LogP) is 2.00. The smallest absolute Gasteiger partial charge is 0.410 e. The number of carbonyl (C=O) groups is 3. The summed E-state index contributed by atoms with van der Waals surface area (Å²) in [5.74, 6) is -0.459. The molecule has 2 heterocycles. The van der Waals surface area contributed by atoms with Crippen molar-refractivity contribution >= 4 is 18.0 Å². The van der Waals surface area contributed by atoms with E-state index in [1.807, 2.05) is 30.3 Å². The largest absolute Gasteiger partial charge is 0.444 e. The number of hydroxylamine groups is 2. The van der Waals surface area contributed by atoms with Crippen molar-refractivity contribution in [3.8, 4) is 0 Å². The van der Waals surface area contributed by atoms with E-state index < -0.39 is 29.7 Å². The first kappa shape index (κ1) is 18.2. The van der Waals surface area contributed by atoms with Crippen molar-refractivity contribution in [2.45, 2.75) is 39.0 Å². The van der Waals surface area contributed by atoms with Gasteiger partial charge in [0, 0.05) is 13.1 Å². The molecular weight excluding hydrogens is 338 g/mol. The number of rotatable bonds is 3. The minimum Gasteiger partial charge on any atom is -0.444 e. The molecule has 8 heteroatoms. The summed E-state index contributed by atoms with van der Waals surface area (Å²) in [6.07, 6.45) is -0.485. The fraction of sp³-hybridized carbons (Fsp3) is 0.500. The van der Waals surface area contributed by atoms with E-state index in [4.69, 9.17) is 9.57 Å². The van der Waals surface area contributed by atoms with E-state index in [-0.39, 0.29) is 19.7 Å². The standard InChI is InChI=1S/C18H23N3O5/c1-18(2,3)26-17(24)19-9-10-20-14(11-19)15(22)21(16(20)23)25-12-13-7-5-4-6-8-13/h4-8,14H,9-12H2,1-3H3/t14-/m0/s1. The van der Waals surface area contributed by atoms with Crippen LogP contribution in [0.2, 0.25) is 0 Å². The van der Waals surface area contributed by atoms with E-state index in [1.165, 1.54) is 9.80 Å². The molecule has 1 aromatic carbocycles. The van der Waals surface area contributed by atoms with Crippen LogP contribution in [0.3, 0.4) is 0 Å². The van der Waals surface area contributed by atoms with Gasteiger partial charge in [0.1, 0.15) is 18.2 Å². The second-order valence-electron chi connectivity index (χ2n) is 7.31. The zero-order valence-corrected chi connectivity index (χ0v) is 15.2. The molecule has 0 unspecified atom stereocenters. The molecule has 2 saturated heterocycles. The Morgan fingerprint density at radius 1 is 1.15 bits per heavy atom. The lowest BCUT2D eigenvalue weighted by Crippen LogP contribution is -2.55. The summed E-state index contributed by atoms with van der Waals surface area (Å²) in [6.45, 7) is 6.15. The van der Waals surface area contributed by atoms with Gasteiger partial charge in [-0.05, 0) is 26.3 Å². The third-order valence-corrected chi connectivity index (χ3v) is 4.14. The van der Waals surface area contributed by atoms with Crippen molar-refractivity contribution in [1.29, 1.82) is 0 Å². The Bertz CT molecular complexity index is 701. The molecule has 4 amide bonds. The van der Waals surface area contributed by atoms with E-state index in [2.05, 4.69) is 0 Å². The lowest BCUT2D eigenvalue weighted by atomic mass is 10.2. The fourth-order valence-corrected chi connectivity index (χ4v) is 2.89. The van der Waals surface area contributed by atoms with Gasteiger partial charge >= 0.3 is 12.1 Å². The van der Waals surface area contributed by atoms with Crippen LogP contribution in [0.15, 0.2) is 30.3 Å². The Labute approximate surface area is 152 Å². The van der Waals surface area contributed by atoms with E-state index in [0.29, 0.717) is 6.54 Å². The Balaban J connectivity index is 1.63. The van der Waals surface area contributed by atoms with Crippen LogP contribution in [-0.4, -0.2) is 64.2 Å². The van der Waals surface area contributed by atoms with Crippen LogP contribution >= 0.6 is 0 Å². The van der Waals surface area contributed by atoms with Crippen LogP contribution in [0, 0.1) is 0 Å². The third kappa shape index (κ3) is 3.80. The molecule has 1 atom stereocenters. The van der Waals surface area contributed by atoms with Gasteiger partial charge in [-0.15, -0.1) is 5.06 Å². The summed E-state index contributed by atoms with van der Waals surface area (Å²) >= 11 is 0. The predicted molar refractivity (Wildman–Crippen MR) is 91.8 cm³/mol. The van der Waals surface area contributed by atoms with Gasteiger partial charge in [0.15, 0.2) is 0 Å². The van der Waals surface area contributed by atoms with Crippen LogP contribution in [0.5, 0.6) is 0 Å². The maximum atomic E-state index is 12.6. The van der Waals surface area contributed by atoms with Gasteiger partial charge in [0.05, 0.1) is 6.54 Å². The van der Waals surface area contributed by atoms with Gasteiger partial charge in [-0.3, -0.25) is 9.63 Å². The molecule has 0 aromatic heterocycles. The first-order chi connectivity index (χ1) is 12.3. The lowest BCUT2D eigenvalue weighted by Gasteiger charge is -2.35. The topological polar surface area (TPSA) is 79.4 Å². The van der Waals surface area contributed by atoms with E-state index in [9.17, 15) is 14.4 Å². The van der Waals surface area contributed by atoms with Gasteiger partial charge in [-0.25, -0.2) is 9.59 Å². The van der Waals surface area contributed by atoms with Crippen molar-refractivity contribution in [3.63, 3.8) is 0 Å². The molecule has 0 aliphatic carbocycles. The quantitative estimate of drug-likeness (QED) is 0.770. The van der Waals surface area contributed by atoms with Gasteiger partial charge in [-0.1, -0.05) is 30.3 Å². The second-order valence-corrected chi connectivity index (χ2v) is 7.31. The van der Waals surface area contributed by atoms with Crippen molar-refractivity contribution in [1.82, 2.24) is 14.9 Å². The molecular formula is C18H23N3O5. The summed E-state index contributed by atoms with van der Waals surface area (Å²) in [7, 11) is 0. The van der Waals surface area contributed by atoms with Gasteiger partial charge in [-0.2, -0.15) is 0 Å². The third-order valence-electron chi connectivity index (χ3n) is 4.14. The van der Waals surface area contributed by atoms with Gasteiger partial charge in [0.25, 0.3) is 5.91 Å². The highest BCUT2D eigenvalue weighted by atomic mass is 16.7. The number of nitrogens with zero attached hydrogens (tertiary/aromatic N) is 3. The van der Waals surface area contributed by atoms with Crippen LogP contribution in [0.4, 0.5) is 9.59 Å². The number of piperazine rings is 1. The normalized spacial score (nSPS) is 20.4. The lowest BCUT2D eigenvalue weighted by molar-refractivity contribution is -0.167. The van der Waals surface area contributed by atoms with Crippen LogP contribution < -0.4 is 0 Å². The maximum absolute atomic E-state index is 12.6. The minimum atomic E-state index is -0.737. The van der Waals surface area contributed by atoms with Crippen molar-refractivity contribution in [2.75, 3.05) is 19.6 Å². The number of hydrogen-bond acceptors (Lipinski definition) is 5. The number of hydrogen-bond donors (Lipinski definition) is 0. The summed E-state index contributed by atoms with van der Waals surface area (Å²) in [6, 6.07) is 8.06. The highest BCUT2D eigenvalue weighted by molar-refractivity contribution is 6.03. The molecule has 0 saturated carbocycles. The summed E-state index contributed by atoms with van der Waals surface area (Å²) in [4.78, 5) is 45.6. The maximum Gasteiger partial charge on any atom is 0.410 e. The molecule has 2 fully saturated rings. The van der Waals surface area contributed by atoms with Crippen molar-refractivity contribution in [2.24, 2.45) is 0 Å². The number of imide groups is 1. The average Bonchev–Trinajstić information content (AvgIpc) is 2.83. The number of benzene rings is 1. The van der Waals surface area contributed by atoms with Gasteiger partial charge in [0.2, 0.25) is 0 Å². The first-order valence-corrected chi connectivity index (χ1v) is 8.55. The number of fused-ring (bicyclic) bond motifs is 1. The molecule has 26 heavy (non-hydrogen) atoms. The highest BCUT2D eigenvalue weighted by Crippen LogP contribution is 2.24. The van der Waals surface area contributed by atoms with E-state index in [1.54, 1.807) is 20.8 Å². The van der Waals surface area contributed by atoms with E-state index >= 15 is 0 Å². The molecule has 8 nitrogen and oxygen atoms in total. The first-order valence-electron chi connectivity index (χ1n) is 8.55. The summed E-state index contributed by atoms with van der Waals surface area (Å²) in [5.41, 5.74) is 0.238. The second kappa shape index (κ2) is 6.95. The monoisotopic (exact) mass is 361 g/mol. The molecule has 3 rings (SSSR count). The molecule has 2 aliphatic heterocycles. The van der Waals surface area contributed by atoms with Crippen LogP contribution in [0.25, 0.3) is 0 Å². The zero-order valence-electron chi connectivity index (χ0n) is 15.2. The molecule has 140 valence electrons. The molecule has 0 bridgehead atoms. The van der Waals surface area contributed by atoms with Crippen LogP contribution in [-0.2, 0) is 21.0 Å². The molecule has 0 N–H and O–H groups in total. The van der Waals surface area contributed by atoms with E-state index in [0.717, 1.165) is 10.6 Å². The summed E-state index contributed by atoms with van der Waals surface area (Å²) < 4.78 is 5.35. The minimum absolute atomic E-state index is 0.102. The Morgan fingerprint density at radius 2 is 1.85 bits per heavy atom. The number of urea groups is 1. The fourth-order valence-electron chi connectivity index (χ4n) is 2.89. The SMILES string of the molecule is CC(C)(C)OC(=O)N1CCN2C(=O)N(OCc3ccccc3)C(=O)[C@@H]2C1. The Hall–Kier alpha value is -2.61. The molecule has 2 aliphatic rings. The highest BCUT2D eigenvalue weighted by Gasteiger charge is 2.49.